The topological polar surface area (TPSA) is 35.2 Å². The average molecular weight is 278 g/mol. The van der Waals surface area contributed by atoms with Gasteiger partial charge in [0, 0.05) is 15.8 Å². The van der Waals surface area contributed by atoms with E-state index in [0.29, 0.717) is 23.9 Å². The van der Waals surface area contributed by atoms with Crippen LogP contribution in [0.1, 0.15) is 10.4 Å². The predicted octanol–water partition coefficient (Wildman–Crippen LogP) is 3.29. The van der Waals surface area contributed by atoms with E-state index in [1.165, 1.54) is 0 Å². The minimum atomic E-state index is 0.376. The molecule has 1 heterocycles. The van der Waals surface area contributed by atoms with Crippen LogP contribution in [0.5, 0.6) is 5.75 Å². The fraction of sp³-hybridized carbons (Fsp3) is 0.143. The number of para-hydroxylation sites is 1. The minimum absolute atomic E-state index is 0.376. The van der Waals surface area contributed by atoms with Crippen molar-refractivity contribution in [3.05, 3.63) is 51.2 Å². The van der Waals surface area contributed by atoms with E-state index < -0.39 is 0 Å². The zero-order chi connectivity index (χ0) is 12.8. The average Bonchev–Trinajstić information content (AvgIpc) is 2.83. The zero-order valence-corrected chi connectivity index (χ0v) is 11.2. The molecule has 0 spiro atoms. The molecule has 0 fully saturated rings. The first-order valence-electron chi connectivity index (χ1n) is 5.43. The Labute approximate surface area is 115 Å². The third-order valence-corrected chi connectivity index (χ3v) is 3.42. The summed E-state index contributed by atoms with van der Waals surface area (Å²) in [6.45, 7) is 0.875. The first kappa shape index (κ1) is 13.0. The molecule has 0 aliphatic rings. The van der Waals surface area contributed by atoms with E-state index in [9.17, 15) is 0 Å². The molecule has 0 aliphatic carbocycles. The van der Waals surface area contributed by atoms with Crippen molar-refractivity contribution in [2.75, 3.05) is 6.54 Å². The molecule has 0 unspecified atom stereocenters. The van der Waals surface area contributed by atoms with Crippen molar-refractivity contribution in [2.24, 2.45) is 5.73 Å². The van der Waals surface area contributed by atoms with Crippen molar-refractivity contribution in [1.82, 2.24) is 0 Å². The number of thiophene rings is 1. The molecule has 2 nitrogen and oxygen atoms in total. The Morgan fingerprint density at radius 3 is 2.94 bits per heavy atom. The van der Waals surface area contributed by atoms with Gasteiger partial charge in [0.05, 0.1) is 11.6 Å². The molecule has 1 aromatic heterocycles. The molecule has 0 aliphatic heterocycles. The number of benzene rings is 1. The summed E-state index contributed by atoms with van der Waals surface area (Å²) in [4.78, 5) is 1.11. The SMILES string of the molecule is NCC#Cc1csc(COc2ccccc2Cl)c1. The maximum atomic E-state index is 6.01. The highest BCUT2D eigenvalue weighted by Gasteiger charge is 2.02. The lowest BCUT2D eigenvalue weighted by molar-refractivity contribution is 0.310. The maximum Gasteiger partial charge on any atom is 0.138 e. The monoisotopic (exact) mass is 277 g/mol. The number of nitrogens with two attached hydrogens (primary N) is 1. The number of halogens is 1. The van der Waals surface area contributed by atoms with Crippen LogP contribution in [0.2, 0.25) is 5.02 Å². The number of hydrogen-bond acceptors (Lipinski definition) is 3. The molecule has 1 aromatic carbocycles. The smallest absolute Gasteiger partial charge is 0.138 e. The predicted molar refractivity (Wildman–Crippen MR) is 76.0 cm³/mol. The normalized spacial score (nSPS) is 9.67. The lowest BCUT2D eigenvalue weighted by Crippen LogP contribution is -1.93. The highest BCUT2D eigenvalue weighted by molar-refractivity contribution is 7.10. The number of rotatable bonds is 3. The second-order valence-corrected chi connectivity index (χ2v) is 4.93. The van der Waals surface area contributed by atoms with Crippen LogP contribution < -0.4 is 10.5 Å². The van der Waals surface area contributed by atoms with Gasteiger partial charge in [-0.3, -0.25) is 0 Å². The van der Waals surface area contributed by atoms with Gasteiger partial charge >= 0.3 is 0 Å². The van der Waals surface area contributed by atoms with Crippen LogP contribution in [0.25, 0.3) is 0 Å². The van der Waals surface area contributed by atoms with Crippen molar-refractivity contribution in [3.8, 4) is 17.6 Å². The first-order valence-corrected chi connectivity index (χ1v) is 6.69. The molecule has 0 radical (unpaired) electrons. The summed E-state index contributed by atoms with van der Waals surface area (Å²) >= 11 is 7.62. The van der Waals surface area contributed by atoms with Gasteiger partial charge in [-0.15, -0.1) is 11.3 Å². The van der Waals surface area contributed by atoms with Crippen LogP contribution in [-0.4, -0.2) is 6.54 Å². The van der Waals surface area contributed by atoms with Crippen molar-refractivity contribution in [1.29, 1.82) is 0 Å². The first-order chi connectivity index (χ1) is 8.79. The lowest BCUT2D eigenvalue weighted by Gasteiger charge is -2.05. The van der Waals surface area contributed by atoms with Gasteiger partial charge in [-0.05, 0) is 18.2 Å². The van der Waals surface area contributed by atoms with E-state index >= 15 is 0 Å². The summed E-state index contributed by atoms with van der Waals surface area (Å²) in [5.74, 6) is 6.51. The Hall–Kier alpha value is -1.47. The Bertz CT molecular complexity index is 583. The third-order valence-electron chi connectivity index (χ3n) is 2.20. The van der Waals surface area contributed by atoms with Gasteiger partial charge in [-0.1, -0.05) is 35.6 Å². The van der Waals surface area contributed by atoms with Gasteiger partial charge in [0.2, 0.25) is 0 Å². The Morgan fingerprint density at radius 2 is 2.17 bits per heavy atom. The standard InChI is InChI=1S/C14H12ClNOS/c15-13-5-1-2-6-14(13)17-9-12-8-11(10-18-12)4-3-7-16/h1-2,5-6,8,10H,7,9,16H2. The van der Waals surface area contributed by atoms with E-state index in [2.05, 4.69) is 11.8 Å². The molecule has 0 saturated carbocycles. The molecule has 92 valence electrons. The molecule has 2 aromatic rings. The molecule has 2 rings (SSSR count). The van der Waals surface area contributed by atoms with Crippen LogP contribution in [0, 0.1) is 11.8 Å². The van der Waals surface area contributed by atoms with Crippen molar-refractivity contribution in [3.63, 3.8) is 0 Å². The second-order valence-electron chi connectivity index (χ2n) is 3.53. The maximum absolute atomic E-state index is 6.01. The van der Waals surface area contributed by atoms with Gasteiger partial charge in [-0.2, -0.15) is 0 Å². The highest BCUT2D eigenvalue weighted by atomic mass is 35.5. The van der Waals surface area contributed by atoms with E-state index in [1.807, 2.05) is 35.7 Å². The van der Waals surface area contributed by atoms with Crippen LogP contribution >= 0.6 is 22.9 Å². The zero-order valence-electron chi connectivity index (χ0n) is 9.65. The highest BCUT2D eigenvalue weighted by Crippen LogP contribution is 2.25. The fourth-order valence-electron chi connectivity index (χ4n) is 1.39. The van der Waals surface area contributed by atoms with Crippen LogP contribution in [0.4, 0.5) is 0 Å². The molecule has 0 atom stereocenters. The quantitative estimate of drug-likeness (QED) is 0.874. The molecule has 0 amide bonds. The fourth-order valence-corrected chi connectivity index (χ4v) is 2.30. The molecule has 2 N–H and O–H groups in total. The molecule has 0 bridgehead atoms. The summed E-state index contributed by atoms with van der Waals surface area (Å²) in [5, 5.41) is 2.62. The van der Waals surface area contributed by atoms with Crippen LogP contribution in [0.3, 0.4) is 0 Å². The van der Waals surface area contributed by atoms with E-state index in [-0.39, 0.29) is 0 Å². The van der Waals surface area contributed by atoms with E-state index in [4.69, 9.17) is 22.1 Å². The van der Waals surface area contributed by atoms with Gasteiger partial charge in [-0.25, -0.2) is 0 Å². The summed E-state index contributed by atoms with van der Waals surface area (Å²) in [5.41, 5.74) is 6.30. The van der Waals surface area contributed by atoms with Crippen molar-refractivity contribution >= 4 is 22.9 Å². The van der Waals surface area contributed by atoms with Gasteiger partial charge in [0.1, 0.15) is 12.4 Å². The van der Waals surface area contributed by atoms with Crippen molar-refractivity contribution in [2.45, 2.75) is 6.61 Å². The lowest BCUT2D eigenvalue weighted by atomic mass is 10.3. The molecular formula is C14H12ClNOS. The van der Waals surface area contributed by atoms with E-state index in [0.717, 1.165) is 10.4 Å². The number of hydrogen-bond donors (Lipinski definition) is 1. The summed E-state index contributed by atoms with van der Waals surface area (Å²) in [6.07, 6.45) is 0. The Morgan fingerprint density at radius 1 is 1.33 bits per heavy atom. The summed E-state index contributed by atoms with van der Waals surface area (Å²) in [6, 6.07) is 9.44. The molecule has 18 heavy (non-hydrogen) atoms. The second kappa shape index (κ2) is 6.46. The van der Waals surface area contributed by atoms with Crippen molar-refractivity contribution < 1.29 is 4.74 Å². The summed E-state index contributed by atoms with van der Waals surface area (Å²) < 4.78 is 5.65. The van der Waals surface area contributed by atoms with Crippen LogP contribution in [-0.2, 0) is 6.61 Å². The largest absolute Gasteiger partial charge is 0.487 e. The minimum Gasteiger partial charge on any atom is -0.487 e. The van der Waals surface area contributed by atoms with Gasteiger partial charge < -0.3 is 10.5 Å². The Kier molecular flexibility index (Phi) is 4.66. The van der Waals surface area contributed by atoms with Crippen LogP contribution in [0.15, 0.2) is 35.7 Å². The van der Waals surface area contributed by atoms with Gasteiger partial charge in [0.15, 0.2) is 0 Å². The summed E-state index contributed by atoms with van der Waals surface area (Å²) in [7, 11) is 0. The molecular weight excluding hydrogens is 266 g/mol. The number of ether oxygens (including phenoxy) is 1. The molecule has 4 heteroatoms. The molecule has 0 saturated heterocycles. The van der Waals surface area contributed by atoms with E-state index in [1.54, 1.807) is 11.3 Å². The Balaban J connectivity index is 1.98. The van der Waals surface area contributed by atoms with Gasteiger partial charge in [0.25, 0.3) is 0 Å². The third kappa shape index (κ3) is 3.51.